The predicted octanol–water partition coefficient (Wildman–Crippen LogP) is 5.02. The average Bonchev–Trinajstić information content (AvgIpc) is 2.77. The molecule has 0 fully saturated rings. The molecule has 27 heavy (non-hydrogen) atoms. The van der Waals surface area contributed by atoms with Crippen molar-refractivity contribution in [3.05, 3.63) is 82.7 Å². The number of allylic oxidation sites excluding steroid dienone is 1. The summed E-state index contributed by atoms with van der Waals surface area (Å²) in [6.45, 7) is 3.64. The molecule has 1 aromatic heterocycles. The number of hydrogen-bond acceptors (Lipinski definition) is 3. The lowest BCUT2D eigenvalue weighted by atomic mass is 9.97. The van der Waals surface area contributed by atoms with E-state index >= 15 is 0 Å². The quantitative estimate of drug-likeness (QED) is 0.605. The molecular weight excluding hydrogens is 355 g/mol. The molecule has 0 bridgehead atoms. The van der Waals surface area contributed by atoms with Crippen LogP contribution in [-0.2, 0) is 12.6 Å². The van der Waals surface area contributed by atoms with Crippen LogP contribution in [0.15, 0.2) is 66.0 Å². The number of hydrogen-bond donors (Lipinski definition) is 0. The molecule has 0 radical (unpaired) electrons. The highest BCUT2D eigenvalue weighted by atomic mass is 19.4. The van der Waals surface area contributed by atoms with E-state index in [2.05, 4.69) is 11.6 Å². The fraction of sp³-hybridized carbons (Fsp3) is 0.143. The second-order valence-electron chi connectivity index (χ2n) is 5.88. The molecule has 3 rings (SSSR count). The Bertz CT molecular complexity index is 1070. The summed E-state index contributed by atoms with van der Waals surface area (Å²) in [5.41, 5.74) is -0.323. The number of benzene rings is 2. The van der Waals surface area contributed by atoms with Crippen LogP contribution in [0.25, 0.3) is 22.0 Å². The van der Waals surface area contributed by atoms with Crippen LogP contribution in [0.5, 0.6) is 5.75 Å². The lowest BCUT2D eigenvalue weighted by molar-refractivity contribution is -0.136. The Morgan fingerprint density at radius 3 is 2.52 bits per heavy atom. The zero-order valence-electron chi connectivity index (χ0n) is 14.5. The zero-order chi connectivity index (χ0) is 19.6. The minimum atomic E-state index is -4.57. The maximum Gasteiger partial charge on any atom is 0.417 e. The van der Waals surface area contributed by atoms with Crippen LogP contribution in [0.2, 0.25) is 0 Å². The molecule has 0 aliphatic heterocycles. The monoisotopic (exact) mass is 371 g/mol. The van der Waals surface area contributed by atoms with E-state index in [1.54, 1.807) is 24.3 Å². The first-order valence-corrected chi connectivity index (χ1v) is 8.15. The van der Waals surface area contributed by atoms with E-state index in [0.717, 1.165) is 6.07 Å². The van der Waals surface area contributed by atoms with Crippen molar-refractivity contribution >= 4 is 10.9 Å². The molecule has 2 aromatic carbocycles. The van der Waals surface area contributed by atoms with Crippen molar-refractivity contribution in [3.63, 3.8) is 0 Å². The number of fused-ring (bicyclic) bond motifs is 1. The second kappa shape index (κ2) is 7.23. The minimum Gasteiger partial charge on any atom is -0.496 e. The lowest BCUT2D eigenvalue weighted by Gasteiger charge is -2.11. The molecule has 1 heterocycles. The van der Waals surface area contributed by atoms with Crippen molar-refractivity contribution < 1.29 is 17.9 Å². The maximum atomic E-state index is 13.5. The predicted molar refractivity (Wildman–Crippen MR) is 98.9 cm³/mol. The normalized spacial score (nSPS) is 11.4. The fourth-order valence-electron chi connectivity index (χ4n) is 3.02. The van der Waals surface area contributed by atoms with Crippen molar-refractivity contribution in [1.82, 2.24) is 4.98 Å². The second-order valence-corrected chi connectivity index (χ2v) is 5.88. The van der Waals surface area contributed by atoms with E-state index in [1.165, 1.54) is 31.4 Å². The van der Waals surface area contributed by atoms with Crippen LogP contribution in [0.3, 0.4) is 0 Å². The molecule has 0 aliphatic carbocycles. The summed E-state index contributed by atoms with van der Waals surface area (Å²) >= 11 is 0. The van der Waals surface area contributed by atoms with E-state index in [1.807, 2.05) is 0 Å². The standard InChI is InChI=1S/C21H16F3NO2/c1-3-7-14-15(13-8-4-5-11-19(13)27-2)12-16-17(21(22,23)24)9-6-10-18(16)25-20(14)26/h3-6,8-12H,1,7H2,2H3. The number of ether oxygens (including phenoxy) is 1. The molecule has 0 aliphatic rings. The van der Waals surface area contributed by atoms with Gasteiger partial charge in [0.05, 0.1) is 18.2 Å². The van der Waals surface area contributed by atoms with Gasteiger partial charge >= 0.3 is 6.18 Å². The Balaban J connectivity index is 2.52. The van der Waals surface area contributed by atoms with Crippen molar-refractivity contribution in [2.24, 2.45) is 0 Å². The van der Waals surface area contributed by atoms with Gasteiger partial charge in [0.1, 0.15) is 5.75 Å². The van der Waals surface area contributed by atoms with Gasteiger partial charge in [-0.25, -0.2) is 4.98 Å². The number of halogens is 3. The third-order valence-corrected chi connectivity index (χ3v) is 4.23. The molecule has 0 spiro atoms. The third kappa shape index (κ3) is 3.56. The Morgan fingerprint density at radius 2 is 1.85 bits per heavy atom. The van der Waals surface area contributed by atoms with Crippen molar-refractivity contribution in [1.29, 1.82) is 0 Å². The minimum absolute atomic E-state index is 0.0127. The summed E-state index contributed by atoms with van der Waals surface area (Å²) < 4.78 is 45.9. The highest BCUT2D eigenvalue weighted by molar-refractivity contribution is 5.88. The number of nitrogens with zero attached hydrogens (tertiary/aromatic N) is 1. The molecular formula is C21H16F3NO2. The highest BCUT2D eigenvalue weighted by Crippen LogP contribution is 2.37. The lowest BCUT2D eigenvalue weighted by Crippen LogP contribution is -2.10. The van der Waals surface area contributed by atoms with Crippen LogP contribution in [0.1, 0.15) is 11.1 Å². The number of rotatable bonds is 4. The molecule has 138 valence electrons. The van der Waals surface area contributed by atoms with Crippen LogP contribution in [0.4, 0.5) is 13.2 Å². The summed E-state index contributed by atoms with van der Waals surface area (Å²) in [6.07, 6.45) is -2.89. The van der Waals surface area contributed by atoms with Crippen molar-refractivity contribution in [2.75, 3.05) is 7.11 Å². The van der Waals surface area contributed by atoms with Gasteiger partial charge in [-0.3, -0.25) is 4.79 Å². The Morgan fingerprint density at radius 1 is 1.11 bits per heavy atom. The first kappa shape index (κ1) is 18.6. The largest absolute Gasteiger partial charge is 0.496 e. The third-order valence-electron chi connectivity index (χ3n) is 4.23. The van der Waals surface area contributed by atoms with E-state index in [0.29, 0.717) is 16.9 Å². The number of aromatic nitrogens is 1. The molecule has 0 N–H and O–H groups in total. The van der Waals surface area contributed by atoms with E-state index in [4.69, 9.17) is 4.74 Å². The van der Waals surface area contributed by atoms with Crippen LogP contribution >= 0.6 is 0 Å². The first-order valence-electron chi connectivity index (χ1n) is 8.15. The molecule has 3 aromatic rings. The van der Waals surface area contributed by atoms with Gasteiger partial charge < -0.3 is 4.74 Å². The number of methoxy groups -OCH3 is 1. The SMILES string of the molecule is C=CCc1c(-c2ccccc2OC)cc2c(C(F)(F)F)cccc2nc1=O. The summed E-state index contributed by atoms with van der Waals surface area (Å²) in [6, 6.07) is 11.8. The average molecular weight is 371 g/mol. The van der Waals surface area contributed by atoms with E-state index in [-0.39, 0.29) is 22.9 Å². The van der Waals surface area contributed by atoms with Gasteiger partial charge in [0, 0.05) is 16.5 Å². The molecule has 0 unspecified atom stereocenters. The number of para-hydroxylation sites is 1. The number of alkyl halides is 3. The smallest absolute Gasteiger partial charge is 0.417 e. The van der Waals surface area contributed by atoms with Crippen molar-refractivity contribution in [2.45, 2.75) is 12.6 Å². The van der Waals surface area contributed by atoms with Gasteiger partial charge in [-0.15, -0.1) is 6.58 Å². The zero-order valence-corrected chi connectivity index (χ0v) is 14.5. The molecule has 0 atom stereocenters. The maximum absolute atomic E-state index is 13.5. The van der Waals surface area contributed by atoms with Crippen LogP contribution < -0.4 is 10.3 Å². The first-order chi connectivity index (χ1) is 12.9. The molecule has 0 amide bonds. The Hall–Kier alpha value is -3.15. The summed E-state index contributed by atoms with van der Waals surface area (Å²) in [4.78, 5) is 16.6. The summed E-state index contributed by atoms with van der Waals surface area (Å²) in [5.74, 6) is 0.450. The molecule has 0 saturated heterocycles. The fourth-order valence-corrected chi connectivity index (χ4v) is 3.02. The van der Waals surface area contributed by atoms with Crippen LogP contribution in [0, 0.1) is 0 Å². The Kier molecular flexibility index (Phi) is 4.99. The van der Waals surface area contributed by atoms with Crippen LogP contribution in [-0.4, -0.2) is 12.1 Å². The van der Waals surface area contributed by atoms with Gasteiger partial charge in [-0.1, -0.05) is 30.3 Å². The van der Waals surface area contributed by atoms with E-state index in [9.17, 15) is 18.0 Å². The molecule has 3 nitrogen and oxygen atoms in total. The molecule has 6 heteroatoms. The van der Waals surface area contributed by atoms with Gasteiger partial charge in [0.2, 0.25) is 0 Å². The topological polar surface area (TPSA) is 39.2 Å². The summed E-state index contributed by atoms with van der Waals surface area (Å²) in [5, 5.41) is -0.140. The van der Waals surface area contributed by atoms with Gasteiger partial charge in [0.15, 0.2) is 0 Å². The summed E-state index contributed by atoms with van der Waals surface area (Å²) in [7, 11) is 1.46. The van der Waals surface area contributed by atoms with Gasteiger partial charge in [0.25, 0.3) is 5.56 Å². The molecule has 0 saturated carbocycles. The van der Waals surface area contributed by atoms with Crippen molar-refractivity contribution in [3.8, 4) is 16.9 Å². The Labute approximate surface area is 153 Å². The van der Waals surface area contributed by atoms with Gasteiger partial charge in [-0.05, 0) is 36.2 Å². The van der Waals surface area contributed by atoms with Gasteiger partial charge in [-0.2, -0.15) is 13.2 Å². The van der Waals surface area contributed by atoms with E-state index < -0.39 is 17.3 Å². The highest BCUT2D eigenvalue weighted by Gasteiger charge is 2.32.